The van der Waals surface area contributed by atoms with Crippen molar-refractivity contribution in [3.8, 4) is 11.1 Å². The van der Waals surface area contributed by atoms with E-state index < -0.39 is 17.2 Å². The predicted molar refractivity (Wildman–Crippen MR) is 116 cm³/mol. The smallest absolute Gasteiger partial charge is 0.336 e. The second kappa shape index (κ2) is 7.19. The number of ether oxygens (including phenoxy) is 2. The number of aromatic nitrogens is 1. The molecule has 0 saturated heterocycles. The highest BCUT2D eigenvalue weighted by atomic mass is 16.7. The summed E-state index contributed by atoms with van der Waals surface area (Å²) in [6.07, 6.45) is 2.52. The van der Waals surface area contributed by atoms with Crippen LogP contribution in [0.4, 0.5) is 5.69 Å². The molecule has 8 heteroatoms. The van der Waals surface area contributed by atoms with Gasteiger partial charge in [-0.05, 0) is 47.9 Å². The van der Waals surface area contributed by atoms with Crippen LogP contribution in [-0.4, -0.2) is 27.5 Å². The van der Waals surface area contributed by atoms with Crippen molar-refractivity contribution in [3.63, 3.8) is 0 Å². The molecular weight excluding hydrogens is 412 g/mol. The van der Waals surface area contributed by atoms with Crippen LogP contribution in [0.2, 0.25) is 0 Å². The molecule has 0 radical (unpaired) electrons. The van der Waals surface area contributed by atoms with Gasteiger partial charge in [-0.25, -0.2) is 4.79 Å². The normalized spacial score (nSPS) is 18.8. The lowest BCUT2D eigenvalue weighted by Crippen LogP contribution is -2.11. The number of allylic oxidation sites excluding steroid dienone is 1. The molecule has 0 N–H and O–H groups in total. The lowest BCUT2D eigenvalue weighted by molar-refractivity contribution is -0.384. The fourth-order valence-corrected chi connectivity index (χ4v) is 4.18. The fourth-order valence-electron chi connectivity index (χ4n) is 4.18. The number of non-ortho nitro benzene ring substituents is 1. The van der Waals surface area contributed by atoms with Gasteiger partial charge in [0.05, 0.1) is 16.9 Å². The maximum atomic E-state index is 13.0. The van der Waals surface area contributed by atoms with E-state index in [2.05, 4.69) is 0 Å². The molecule has 0 amide bonds. The second-order valence-corrected chi connectivity index (χ2v) is 7.83. The second-order valence-electron chi connectivity index (χ2n) is 7.83. The van der Waals surface area contributed by atoms with Gasteiger partial charge in [-0.15, -0.1) is 0 Å². The summed E-state index contributed by atoms with van der Waals surface area (Å²) >= 11 is 0. The van der Waals surface area contributed by atoms with Crippen molar-refractivity contribution < 1.29 is 24.0 Å². The summed E-state index contributed by atoms with van der Waals surface area (Å²) in [4.78, 5) is 35.0. The maximum Gasteiger partial charge on any atom is 0.336 e. The van der Waals surface area contributed by atoms with Gasteiger partial charge >= 0.3 is 5.97 Å². The minimum absolute atomic E-state index is 0.0359. The minimum atomic E-state index is -0.822. The summed E-state index contributed by atoms with van der Waals surface area (Å²) in [5, 5.41) is 11.9. The molecule has 0 bridgehead atoms. The fraction of sp³-hybridized carbons (Fsp3) is 0.167. The number of fused-ring (bicyclic) bond motifs is 3. The summed E-state index contributed by atoms with van der Waals surface area (Å²) in [6.45, 7) is 1.64. The van der Waals surface area contributed by atoms with Gasteiger partial charge in [0.2, 0.25) is 5.78 Å². The number of carbonyl (C=O) groups is 2. The number of carbonyl (C=O) groups excluding carboxylic acids is 2. The van der Waals surface area contributed by atoms with E-state index in [1.54, 1.807) is 25.1 Å². The van der Waals surface area contributed by atoms with Gasteiger partial charge in [-0.2, -0.15) is 0 Å². The number of esters is 1. The SMILES string of the molecule is CC1=C[C@@H](O/C=C2\Cc3c(n(C)c4ccc(-c5ccc([N+](=O)[O-])cc5)cc34)C2=O)OC1=O. The summed E-state index contributed by atoms with van der Waals surface area (Å²) in [5.74, 6) is -0.556. The molecule has 2 heterocycles. The number of nitrogens with zero attached hydrogens (tertiary/aromatic N) is 2. The zero-order chi connectivity index (χ0) is 22.6. The third-order valence-electron chi connectivity index (χ3n) is 5.87. The molecule has 3 aromatic rings. The van der Waals surface area contributed by atoms with E-state index in [1.165, 1.54) is 18.4 Å². The average Bonchev–Trinajstić information content (AvgIpc) is 3.38. The van der Waals surface area contributed by atoms with Gasteiger partial charge in [0, 0.05) is 53.7 Å². The Morgan fingerprint density at radius 1 is 1.16 bits per heavy atom. The van der Waals surface area contributed by atoms with Crippen LogP contribution in [-0.2, 0) is 27.7 Å². The van der Waals surface area contributed by atoms with Crippen molar-refractivity contribution in [3.05, 3.63) is 87.3 Å². The Morgan fingerprint density at radius 2 is 1.88 bits per heavy atom. The average molecular weight is 430 g/mol. The number of rotatable bonds is 4. The van der Waals surface area contributed by atoms with Crippen molar-refractivity contribution in [2.75, 3.05) is 0 Å². The third kappa shape index (κ3) is 3.08. The van der Waals surface area contributed by atoms with E-state index >= 15 is 0 Å². The third-order valence-corrected chi connectivity index (χ3v) is 5.87. The van der Waals surface area contributed by atoms with Crippen molar-refractivity contribution >= 4 is 28.3 Å². The van der Waals surface area contributed by atoms with Crippen LogP contribution in [0.3, 0.4) is 0 Å². The highest BCUT2D eigenvalue weighted by Crippen LogP contribution is 2.37. The van der Waals surface area contributed by atoms with Crippen LogP contribution in [0.5, 0.6) is 0 Å². The largest absolute Gasteiger partial charge is 0.458 e. The predicted octanol–water partition coefficient (Wildman–Crippen LogP) is 4.22. The molecule has 1 aliphatic carbocycles. The van der Waals surface area contributed by atoms with E-state index in [4.69, 9.17) is 9.47 Å². The number of cyclic esters (lactones) is 1. The van der Waals surface area contributed by atoms with Gasteiger partial charge in [0.15, 0.2) is 0 Å². The number of aryl methyl sites for hydroxylation is 1. The van der Waals surface area contributed by atoms with Crippen LogP contribution in [0, 0.1) is 10.1 Å². The Labute approximate surface area is 182 Å². The van der Waals surface area contributed by atoms with Gasteiger partial charge in [-0.3, -0.25) is 14.9 Å². The molecule has 2 aromatic carbocycles. The number of Topliss-reactive ketones (excluding diaryl/α,β-unsaturated/α-hetero) is 1. The van der Waals surface area contributed by atoms with Crippen LogP contribution in [0.1, 0.15) is 23.0 Å². The van der Waals surface area contributed by atoms with Crippen LogP contribution in [0.15, 0.2) is 65.9 Å². The lowest BCUT2D eigenvalue weighted by atomic mass is 10.0. The zero-order valence-electron chi connectivity index (χ0n) is 17.3. The Hall–Kier alpha value is -4.20. The van der Waals surface area contributed by atoms with E-state index in [0.29, 0.717) is 23.3 Å². The molecule has 5 rings (SSSR count). The Bertz CT molecular complexity index is 1380. The minimum Gasteiger partial charge on any atom is -0.458 e. The molecule has 1 atom stereocenters. The number of nitro groups is 1. The zero-order valence-corrected chi connectivity index (χ0v) is 17.3. The molecule has 8 nitrogen and oxygen atoms in total. The Kier molecular flexibility index (Phi) is 4.44. The molecule has 32 heavy (non-hydrogen) atoms. The first-order valence-corrected chi connectivity index (χ1v) is 9.98. The molecule has 1 aromatic heterocycles. The van der Waals surface area contributed by atoms with E-state index in [-0.39, 0.29) is 11.5 Å². The highest BCUT2D eigenvalue weighted by molar-refractivity contribution is 6.16. The Balaban J connectivity index is 1.48. The Morgan fingerprint density at radius 3 is 2.53 bits per heavy atom. The van der Waals surface area contributed by atoms with Crippen molar-refractivity contribution in [1.29, 1.82) is 0 Å². The first-order valence-electron chi connectivity index (χ1n) is 9.98. The van der Waals surface area contributed by atoms with E-state index in [9.17, 15) is 19.7 Å². The van der Waals surface area contributed by atoms with Gasteiger partial charge < -0.3 is 14.0 Å². The maximum absolute atomic E-state index is 13.0. The van der Waals surface area contributed by atoms with Crippen LogP contribution in [0.25, 0.3) is 22.0 Å². The standard InChI is InChI=1S/C24H18N2O6/c1-13-9-21(32-24(13)28)31-12-16-11-19-18-10-15(14-3-6-17(7-4-14)26(29)30)5-8-20(18)25(2)22(19)23(16)27/h3-10,12,21H,11H2,1-2H3/b16-12+/t21-/m0/s1. The number of hydrogen-bond donors (Lipinski definition) is 0. The molecule has 2 aliphatic rings. The van der Waals surface area contributed by atoms with Crippen molar-refractivity contribution in [2.24, 2.45) is 7.05 Å². The van der Waals surface area contributed by atoms with Gasteiger partial charge in [0.25, 0.3) is 12.0 Å². The lowest BCUT2D eigenvalue weighted by Gasteiger charge is -2.08. The van der Waals surface area contributed by atoms with Gasteiger partial charge in [-0.1, -0.05) is 6.07 Å². The highest BCUT2D eigenvalue weighted by Gasteiger charge is 2.32. The van der Waals surface area contributed by atoms with Crippen molar-refractivity contribution in [2.45, 2.75) is 19.6 Å². The van der Waals surface area contributed by atoms with Gasteiger partial charge in [0.1, 0.15) is 0 Å². The quantitative estimate of drug-likeness (QED) is 0.202. The molecule has 160 valence electrons. The van der Waals surface area contributed by atoms with Crippen molar-refractivity contribution in [1.82, 2.24) is 4.57 Å². The summed E-state index contributed by atoms with van der Waals surface area (Å²) in [7, 11) is 1.85. The topological polar surface area (TPSA) is 101 Å². The molecule has 0 spiro atoms. The van der Waals surface area contributed by atoms with E-state index in [0.717, 1.165) is 27.6 Å². The number of hydrogen-bond acceptors (Lipinski definition) is 6. The molecule has 0 fully saturated rings. The summed E-state index contributed by atoms with van der Waals surface area (Å²) in [6, 6.07) is 12.3. The molecule has 1 aliphatic heterocycles. The molecule has 0 unspecified atom stereocenters. The molecular formula is C24H18N2O6. The first-order chi connectivity index (χ1) is 15.3. The van der Waals surface area contributed by atoms with Crippen LogP contribution >= 0.6 is 0 Å². The number of nitro benzene ring substituents is 1. The van der Waals surface area contributed by atoms with E-state index in [1.807, 2.05) is 29.8 Å². The first kappa shape index (κ1) is 19.7. The molecule has 0 saturated carbocycles. The number of ketones is 1. The van der Waals surface area contributed by atoms with Crippen LogP contribution < -0.4 is 0 Å². The monoisotopic (exact) mass is 430 g/mol. The summed E-state index contributed by atoms with van der Waals surface area (Å²) in [5.41, 5.74) is 5.18. The number of benzene rings is 2. The summed E-state index contributed by atoms with van der Waals surface area (Å²) < 4.78 is 12.4.